The number of carbonyl (C=O) groups is 1. The normalized spacial score (nSPS) is 14.4. The molecule has 1 aromatic heterocycles. The Morgan fingerprint density at radius 1 is 1.12 bits per heavy atom. The number of benzene rings is 3. The van der Waals surface area contributed by atoms with Crippen LogP contribution in [0.15, 0.2) is 81.6 Å². The Hall–Kier alpha value is -3.27. The van der Waals surface area contributed by atoms with E-state index in [9.17, 15) is 4.79 Å². The number of nitrogens with one attached hydrogen (secondary N) is 1. The van der Waals surface area contributed by atoms with Crippen molar-refractivity contribution < 1.29 is 14.3 Å². The highest BCUT2D eigenvalue weighted by Crippen LogP contribution is 2.43. The van der Waals surface area contributed by atoms with Crippen molar-refractivity contribution in [1.82, 2.24) is 14.8 Å². The number of rotatable bonds is 10. The van der Waals surface area contributed by atoms with E-state index in [1.807, 2.05) is 62.4 Å². The molecule has 2 heterocycles. The standard InChI is InChI=1S/C31H30BrClN4O3S/c1-5-39-26-15-23(14-24(32)29(26)40-16-21-12-10-18(2)11-13-21)28-27(20(4)38)19(3)34-30-35-31(36-37(28)30)41-17-22-8-6-7-9-25(22)33/h6-15,28H,5,16-17H2,1-4H3,(H,34,35,36). The fraction of sp³-hybridized carbons (Fsp3) is 0.258. The lowest BCUT2D eigenvalue weighted by molar-refractivity contribution is -0.114. The second-order valence-corrected chi connectivity index (χ2v) is 11.9. The van der Waals surface area contributed by atoms with E-state index in [0.717, 1.165) is 26.9 Å². The van der Waals surface area contributed by atoms with Gasteiger partial charge in [-0.25, -0.2) is 4.68 Å². The molecule has 1 unspecified atom stereocenters. The van der Waals surface area contributed by atoms with E-state index < -0.39 is 6.04 Å². The summed E-state index contributed by atoms with van der Waals surface area (Å²) in [5.41, 5.74) is 5.41. The van der Waals surface area contributed by atoms with Gasteiger partial charge in [0.25, 0.3) is 0 Å². The average Bonchev–Trinajstić information content (AvgIpc) is 3.34. The molecule has 0 saturated carbocycles. The van der Waals surface area contributed by atoms with Crippen LogP contribution in [0.3, 0.4) is 0 Å². The summed E-state index contributed by atoms with van der Waals surface area (Å²) in [6.45, 7) is 8.28. The Morgan fingerprint density at radius 2 is 1.88 bits per heavy atom. The molecule has 0 fully saturated rings. The molecular weight excluding hydrogens is 624 g/mol. The van der Waals surface area contributed by atoms with E-state index in [4.69, 9.17) is 31.2 Å². The van der Waals surface area contributed by atoms with Gasteiger partial charge in [0.15, 0.2) is 17.3 Å². The smallest absolute Gasteiger partial charge is 0.227 e. The topological polar surface area (TPSA) is 78.3 Å². The van der Waals surface area contributed by atoms with Gasteiger partial charge in [0, 0.05) is 22.0 Å². The summed E-state index contributed by atoms with van der Waals surface area (Å²) in [7, 11) is 0. The fourth-order valence-electron chi connectivity index (χ4n) is 4.70. The predicted molar refractivity (Wildman–Crippen MR) is 167 cm³/mol. The van der Waals surface area contributed by atoms with E-state index in [-0.39, 0.29) is 5.78 Å². The Labute approximate surface area is 257 Å². The third kappa shape index (κ3) is 6.47. The highest BCUT2D eigenvalue weighted by Gasteiger charge is 2.34. The van der Waals surface area contributed by atoms with Gasteiger partial charge in [0.1, 0.15) is 12.6 Å². The third-order valence-electron chi connectivity index (χ3n) is 6.68. The average molecular weight is 654 g/mol. The first-order valence-electron chi connectivity index (χ1n) is 13.2. The first-order chi connectivity index (χ1) is 19.7. The molecule has 0 aliphatic carbocycles. The molecule has 0 amide bonds. The van der Waals surface area contributed by atoms with Crippen LogP contribution in [-0.4, -0.2) is 27.2 Å². The molecule has 1 atom stereocenters. The summed E-state index contributed by atoms with van der Waals surface area (Å²) in [6.07, 6.45) is 0. The number of nitrogens with zero attached hydrogens (tertiary/aromatic N) is 3. The second-order valence-electron chi connectivity index (χ2n) is 9.70. The number of allylic oxidation sites excluding steroid dienone is 2. The van der Waals surface area contributed by atoms with Gasteiger partial charge in [-0.3, -0.25) is 4.79 Å². The monoisotopic (exact) mass is 652 g/mol. The molecule has 5 rings (SSSR count). The van der Waals surface area contributed by atoms with E-state index >= 15 is 0 Å². The predicted octanol–water partition coefficient (Wildman–Crippen LogP) is 8.15. The number of fused-ring (bicyclic) bond motifs is 1. The quantitative estimate of drug-likeness (QED) is 0.173. The lowest BCUT2D eigenvalue weighted by Crippen LogP contribution is -2.28. The number of carbonyl (C=O) groups excluding carboxylic acids is 1. The molecule has 1 N–H and O–H groups in total. The molecule has 10 heteroatoms. The number of hydrogen-bond acceptors (Lipinski definition) is 7. The van der Waals surface area contributed by atoms with E-state index in [2.05, 4.69) is 40.3 Å². The van der Waals surface area contributed by atoms with Gasteiger partial charge in [-0.15, -0.1) is 5.10 Å². The van der Waals surface area contributed by atoms with Gasteiger partial charge < -0.3 is 14.8 Å². The molecule has 3 aromatic carbocycles. The highest BCUT2D eigenvalue weighted by atomic mass is 79.9. The number of hydrogen-bond donors (Lipinski definition) is 1. The van der Waals surface area contributed by atoms with Crippen LogP contribution in [0, 0.1) is 6.92 Å². The number of ether oxygens (including phenoxy) is 2. The van der Waals surface area contributed by atoms with Gasteiger partial charge in [0.05, 0.1) is 11.1 Å². The number of aromatic nitrogens is 3. The maximum Gasteiger partial charge on any atom is 0.227 e. The molecule has 0 spiro atoms. The molecule has 0 bridgehead atoms. The number of anilines is 1. The Bertz CT molecular complexity index is 1620. The minimum atomic E-state index is -0.507. The van der Waals surface area contributed by atoms with Gasteiger partial charge in [-0.2, -0.15) is 4.98 Å². The van der Waals surface area contributed by atoms with Crippen molar-refractivity contribution >= 4 is 51.0 Å². The van der Waals surface area contributed by atoms with Crippen molar-refractivity contribution in [1.29, 1.82) is 0 Å². The summed E-state index contributed by atoms with van der Waals surface area (Å²) in [4.78, 5) is 17.7. The van der Waals surface area contributed by atoms with Crippen molar-refractivity contribution in [2.75, 3.05) is 11.9 Å². The van der Waals surface area contributed by atoms with Crippen LogP contribution < -0.4 is 14.8 Å². The minimum Gasteiger partial charge on any atom is -0.490 e. The Kier molecular flexibility index (Phi) is 9.06. The number of ketones is 1. The first-order valence-corrected chi connectivity index (χ1v) is 15.4. The van der Waals surface area contributed by atoms with Crippen LogP contribution >= 0.6 is 39.3 Å². The second kappa shape index (κ2) is 12.7. The Morgan fingerprint density at radius 3 is 2.59 bits per heavy atom. The molecule has 7 nitrogen and oxygen atoms in total. The molecule has 212 valence electrons. The number of thioether (sulfide) groups is 1. The third-order valence-corrected chi connectivity index (χ3v) is 8.52. The number of halogens is 2. The van der Waals surface area contributed by atoms with Gasteiger partial charge in [0.2, 0.25) is 11.1 Å². The van der Waals surface area contributed by atoms with Crippen LogP contribution in [0.4, 0.5) is 5.95 Å². The zero-order chi connectivity index (χ0) is 29.1. The number of aryl methyl sites for hydroxylation is 1. The van der Waals surface area contributed by atoms with Gasteiger partial charge in [-0.05, 0) is 78.5 Å². The summed E-state index contributed by atoms with van der Waals surface area (Å²) >= 11 is 11.6. The summed E-state index contributed by atoms with van der Waals surface area (Å²) in [5, 5.41) is 9.37. The van der Waals surface area contributed by atoms with Gasteiger partial charge in [-0.1, -0.05) is 71.4 Å². The lowest BCUT2D eigenvalue weighted by Gasteiger charge is -2.28. The lowest BCUT2D eigenvalue weighted by atomic mass is 9.93. The largest absolute Gasteiger partial charge is 0.490 e. The molecule has 0 saturated heterocycles. The van der Waals surface area contributed by atoms with Crippen molar-refractivity contribution in [3.05, 3.63) is 104 Å². The minimum absolute atomic E-state index is 0.0554. The number of Topliss-reactive ketones (excluding diaryl/α,β-unsaturated/α-hetero) is 1. The maximum atomic E-state index is 13.0. The highest BCUT2D eigenvalue weighted by molar-refractivity contribution is 9.10. The van der Waals surface area contributed by atoms with Crippen LogP contribution in [0.2, 0.25) is 5.02 Å². The van der Waals surface area contributed by atoms with E-state index in [1.54, 1.807) is 11.6 Å². The van der Waals surface area contributed by atoms with Crippen molar-refractivity contribution in [3.8, 4) is 11.5 Å². The van der Waals surface area contributed by atoms with Crippen LogP contribution in [0.25, 0.3) is 0 Å². The summed E-state index contributed by atoms with van der Waals surface area (Å²) < 4.78 is 14.8. The Balaban J connectivity index is 1.50. The maximum absolute atomic E-state index is 13.0. The fourth-order valence-corrected chi connectivity index (χ4v) is 6.39. The summed E-state index contributed by atoms with van der Waals surface area (Å²) in [6, 6.07) is 19.3. The van der Waals surface area contributed by atoms with E-state index in [1.165, 1.54) is 17.3 Å². The van der Waals surface area contributed by atoms with Gasteiger partial charge >= 0.3 is 0 Å². The first kappa shape index (κ1) is 29.2. The SMILES string of the molecule is CCOc1cc(C2C(C(C)=O)=C(C)Nc3nc(SCc4ccccc4Cl)nn32)cc(Br)c1OCc1ccc(C)cc1. The molecule has 1 aliphatic heterocycles. The van der Waals surface area contributed by atoms with Crippen molar-refractivity contribution in [3.63, 3.8) is 0 Å². The molecule has 41 heavy (non-hydrogen) atoms. The zero-order valence-corrected chi connectivity index (χ0v) is 26.4. The van der Waals surface area contributed by atoms with Crippen LogP contribution in [0.1, 0.15) is 49.1 Å². The van der Waals surface area contributed by atoms with Crippen LogP contribution in [-0.2, 0) is 17.2 Å². The van der Waals surface area contributed by atoms with Crippen molar-refractivity contribution in [2.45, 2.75) is 51.3 Å². The molecule has 0 radical (unpaired) electrons. The molecular formula is C31H30BrClN4O3S. The summed E-state index contributed by atoms with van der Waals surface area (Å²) in [5.74, 6) is 2.31. The van der Waals surface area contributed by atoms with Crippen molar-refractivity contribution in [2.24, 2.45) is 0 Å². The van der Waals surface area contributed by atoms with E-state index in [0.29, 0.717) is 52.2 Å². The molecule has 4 aromatic rings. The van der Waals surface area contributed by atoms with Crippen LogP contribution in [0.5, 0.6) is 11.5 Å². The molecule has 1 aliphatic rings. The zero-order valence-electron chi connectivity index (χ0n) is 23.2.